The van der Waals surface area contributed by atoms with Crippen LogP contribution in [0.3, 0.4) is 0 Å². The van der Waals surface area contributed by atoms with Crippen molar-refractivity contribution in [2.75, 3.05) is 18.1 Å². The van der Waals surface area contributed by atoms with Gasteiger partial charge in [0.25, 0.3) is 0 Å². The SMILES string of the molecule is O=C1N(Cc2ccc(O)cc2)c2ccccc2C12COc1cc3c(cc12)CCO3. The number of rotatable bonds is 2. The first-order chi connectivity index (χ1) is 14.2. The van der Waals surface area contributed by atoms with Gasteiger partial charge < -0.3 is 19.5 Å². The average Bonchev–Trinajstić information content (AvgIpc) is 3.41. The summed E-state index contributed by atoms with van der Waals surface area (Å²) < 4.78 is 11.7. The Labute approximate surface area is 168 Å². The highest BCUT2D eigenvalue weighted by atomic mass is 16.5. The minimum absolute atomic E-state index is 0.0318. The summed E-state index contributed by atoms with van der Waals surface area (Å²) in [4.78, 5) is 15.7. The number of phenols is 1. The molecule has 1 unspecified atom stereocenters. The third kappa shape index (κ3) is 2.18. The van der Waals surface area contributed by atoms with Gasteiger partial charge in [0, 0.05) is 23.7 Å². The van der Waals surface area contributed by atoms with Gasteiger partial charge in [-0.3, -0.25) is 4.79 Å². The summed E-state index contributed by atoms with van der Waals surface area (Å²) in [5, 5.41) is 9.57. The summed E-state index contributed by atoms with van der Waals surface area (Å²) in [5.41, 5.74) is 4.12. The van der Waals surface area contributed by atoms with E-state index in [1.54, 1.807) is 12.1 Å². The standard InChI is InChI=1S/C24H19NO4/c26-17-7-5-15(6-8-17)13-25-20-4-2-1-3-18(20)24(23(25)27)14-29-22-12-21-16(9-10-28-21)11-19(22)24/h1-8,11-12,26H,9-10,13-14H2. The lowest BCUT2D eigenvalue weighted by molar-refractivity contribution is -0.122. The van der Waals surface area contributed by atoms with Crippen molar-refractivity contribution in [3.8, 4) is 17.2 Å². The van der Waals surface area contributed by atoms with Gasteiger partial charge in [-0.1, -0.05) is 30.3 Å². The number of nitrogens with zero attached hydrogens (tertiary/aromatic N) is 1. The first kappa shape index (κ1) is 16.5. The summed E-state index contributed by atoms with van der Waals surface area (Å²) in [6, 6.07) is 19.0. The predicted molar refractivity (Wildman–Crippen MR) is 108 cm³/mol. The van der Waals surface area contributed by atoms with Gasteiger partial charge in [0.05, 0.1) is 13.2 Å². The summed E-state index contributed by atoms with van der Waals surface area (Å²) in [6.45, 7) is 1.41. The lowest BCUT2D eigenvalue weighted by atomic mass is 9.76. The molecule has 0 saturated heterocycles. The van der Waals surface area contributed by atoms with Crippen LogP contribution < -0.4 is 14.4 Å². The second-order valence-corrected chi connectivity index (χ2v) is 7.82. The van der Waals surface area contributed by atoms with E-state index in [0.717, 1.165) is 45.9 Å². The van der Waals surface area contributed by atoms with E-state index < -0.39 is 5.41 Å². The molecule has 1 amide bonds. The number of carbonyl (C=O) groups excluding carboxylic acids is 1. The number of hydrogen-bond acceptors (Lipinski definition) is 4. The number of carbonyl (C=O) groups is 1. The van der Waals surface area contributed by atoms with Gasteiger partial charge in [0.15, 0.2) is 0 Å². The quantitative estimate of drug-likeness (QED) is 0.733. The van der Waals surface area contributed by atoms with Gasteiger partial charge >= 0.3 is 0 Å². The fraction of sp³-hybridized carbons (Fsp3) is 0.208. The molecule has 3 aromatic rings. The molecule has 0 fully saturated rings. The summed E-state index contributed by atoms with van der Waals surface area (Å²) in [7, 11) is 0. The predicted octanol–water partition coefficient (Wildman–Crippen LogP) is 3.55. The van der Waals surface area contributed by atoms with Crippen molar-refractivity contribution >= 4 is 11.6 Å². The van der Waals surface area contributed by atoms with Crippen LogP contribution in [0.25, 0.3) is 0 Å². The molecule has 5 heteroatoms. The number of ether oxygens (including phenoxy) is 2. The third-order valence-corrected chi connectivity index (χ3v) is 6.24. The van der Waals surface area contributed by atoms with E-state index in [-0.39, 0.29) is 11.7 Å². The maximum Gasteiger partial charge on any atom is 0.246 e. The number of aromatic hydroxyl groups is 1. The minimum Gasteiger partial charge on any atom is -0.508 e. The molecule has 144 valence electrons. The third-order valence-electron chi connectivity index (χ3n) is 6.24. The molecule has 1 spiro atoms. The van der Waals surface area contributed by atoms with Crippen molar-refractivity contribution in [2.45, 2.75) is 18.4 Å². The Kier molecular flexibility index (Phi) is 3.28. The van der Waals surface area contributed by atoms with Crippen LogP contribution in [0.4, 0.5) is 5.69 Å². The molecule has 0 aliphatic carbocycles. The highest BCUT2D eigenvalue weighted by Gasteiger charge is 2.57. The van der Waals surface area contributed by atoms with Crippen LogP contribution in [0.2, 0.25) is 0 Å². The number of anilines is 1. The zero-order valence-corrected chi connectivity index (χ0v) is 15.7. The van der Waals surface area contributed by atoms with Crippen LogP contribution in [0, 0.1) is 0 Å². The average molecular weight is 385 g/mol. The minimum atomic E-state index is -0.819. The number of fused-ring (bicyclic) bond motifs is 5. The van der Waals surface area contributed by atoms with E-state index in [2.05, 4.69) is 6.07 Å². The van der Waals surface area contributed by atoms with Gasteiger partial charge in [0.1, 0.15) is 29.3 Å². The van der Waals surface area contributed by atoms with Crippen LogP contribution in [0.15, 0.2) is 60.7 Å². The lowest BCUT2D eigenvalue weighted by Crippen LogP contribution is -2.42. The van der Waals surface area contributed by atoms with Crippen LogP contribution in [-0.4, -0.2) is 24.2 Å². The Hall–Kier alpha value is -3.47. The largest absolute Gasteiger partial charge is 0.508 e. The molecule has 3 aromatic carbocycles. The molecule has 6 rings (SSSR count). The molecule has 0 radical (unpaired) electrons. The molecule has 3 heterocycles. The summed E-state index contributed by atoms with van der Waals surface area (Å²) >= 11 is 0. The maximum atomic E-state index is 13.9. The van der Waals surface area contributed by atoms with Crippen molar-refractivity contribution in [1.82, 2.24) is 0 Å². The van der Waals surface area contributed by atoms with Crippen LogP contribution in [-0.2, 0) is 23.2 Å². The van der Waals surface area contributed by atoms with Gasteiger partial charge in [0.2, 0.25) is 5.91 Å². The highest BCUT2D eigenvalue weighted by Crippen LogP contribution is 2.54. The van der Waals surface area contributed by atoms with Gasteiger partial charge in [-0.15, -0.1) is 0 Å². The molecule has 1 atom stereocenters. The van der Waals surface area contributed by atoms with E-state index in [9.17, 15) is 9.90 Å². The van der Waals surface area contributed by atoms with E-state index >= 15 is 0 Å². The van der Waals surface area contributed by atoms with Crippen molar-refractivity contribution in [3.05, 3.63) is 82.9 Å². The van der Waals surface area contributed by atoms with Crippen molar-refractivity contribution in [2.24, 2.45) is 0 Å². The van der Waals surface area contributed by atoms with Crippen molar-refractivity contribution < 1.29 is 19.4 Å². The van der Waals surface area contributed by atoms with E-state index in [1.165, 1.54) is 0 Å². The van der Waals surface area contributed by atoms with Crippen molar-refractivity contribution in [3.63, 3.8) is 0 Å². The Balaban J connectivity index is 1.49. The molecular weight excluding hydrogens is 366 g/mol. The lowest BCUT2D eigenvalue weighted by Gasteiger charge is -2.23. The summed E-state index contributed by atoms with van der Waals surface area (Å²) in [5.74, 6) is 1.85. The fourth-order valence-electron chi connectivity index (χ4n) is 4.79. The van der Waals surface area contributed by atoms with E-state index in [0.29, 0.717) is 19.8 Å². The molecule has 0 saturated carbocycles. The normalized spacial score (nSPS) is 21.0. The van der Waals surface area contributed by atoms with Gasteiger partial charge in [-0.05, 0) is 41.0 Å². The molecule has 3 aliphatic heterocycles. The zero-order valence-electron chi connectivity index (χ0n) is 15.7. The second kappa shape index (κ2) is 5.77. The van der Waals surface area contributed by atoms with Gasteiger partial charge in [-0.2, -0.15) is 0 Å². The molecule has 3 aliphatic rings. The van der Waals surface area contributed by atoms with Crippen LogP contribution in [0.1, 0.15) is 22.3 Å². The topological polar surface area (TPSA) is 59.0 Å². The highest BCUT2D eigenvalue weighted by molar-refractivity contribution is 6.11. The molecule has 5 nitrogen and oxygen atoms in total. The van der Waals surface area contributed by atoms with Crippen LogP contribution >= 0.6 is 0 Å². The number of phenolic OH excluding ortho intramolecular Hbond substituents is 1. The second-order valence-electron chi connectivity index (χ2n) is 7.82. The molecule has 0 bridgehead atoms. The maximum absolute atomic E-state index is 13.9. The fourth-order valence-corrected chi connectivity index (χ4v) is 4.79. The number of benzene rings is 3. The smallest absolute Gasteiger partial charge is 0.246 e. The molecule has 0 aromatic heterocycles. The summed E-state index contributed by atoms with van der Waals surface area (Å²) in [6.07, 6.45) is 0.853. The zero-order chi connectivity index (χ0) is 19.6. The van der Waals surface area contributed by atoms with Crippen molar-refractivity contribution in [1.29, 1.82) is 0 Å². The number of para-hydroxylation sites is 1. The molecule has 1 N–H and O–H groups in total. The van der Waals surface area contributed by atoms with Gasteiger partial charge in [-0.25, -0.2) is 0 Å². The molecule has 29 heavy (non-hydrogen) atoms. The van der Waals surface area contributed by atoms with Crippen LogP contribution in [0.5, 0.6) is 17.2 Å². The number of hydrogen-bond donors (Lipinski definition) is 1. The first-order valence-electron chi connectivity index (χ1n) is 9.79. The first-order valence-corrected chi connectivity index (χ1v) is 9.79. The Bertz CT molecular complexity index is 1150. The van der Waals surface area contributed by atoms with E-state index in [4.69, 9.17) is 9.47 Å². The Morgan fingerprint density at radius 1 is 0.966 bits per heavy atom. The Morgan fingerprint density at radius 2 is 1.79 bits per heavy atom. The number of amides is 1. The van der Waals surface area contributed by atoms with E-state index in [1.807, 2.05) is 47.4 Å². The Morgan fingerprint density at radius 3 is 2.66 bits per heavy atom. The molecular formula is C24H19NO4. The monoisotopic (exact) mass is 385 g/mol.